The minimum atomic E-state index is -0.380. The number of rotatable bonds is 5. The Hall–Kier alpha value is -1.32. The van der Waals surface area contributed by atoms with Crippen LogP contribution in [0.3, 0.4) is 0 Å². The fraction of sp³-hybridized carbons (Fsp3) is 0.692. The van der Waals surface area contributed by atoms with Crippen LogP contribution < -0.4 is 5.32 Å². The maximum absolute atomic E-state index is 12.3. The average Bonchev–Trinajstić information content (AvgIpc) is 2.29. The molecule has 0 radical (unpaired) electrons. The van der Waals surface area contributed by atoms with Gasteiger partial charge < -0.3 is 10.2 Å². The summed E-state index contributed by atoms with van der Waals surface area (Å²) in [6, 6.07) is -0.701. The maximum atomic E-state index is 12.3. The number of hydrogen-bond acceptors (Lipinski definition) is 2. The monoisotopic (exact) mass is 238 g/mol. The predicted octanol–water partition coefficient (Wildman–Crippen LogP) is 1.32. The molecule has 0 bridgehead atoms. The van der Waals surface area contributed by atoms with Gasteiger partial charge in [-0.2, -0.15) is 0 Å². The first-order valence-corrected chi connectivity index (χ1v) is 6.24. The second kappa shape index (κ2) is 5.84. The van der Waals surface area contributed by atoms with Crippen molar-refractivity contribution >= 4 is 11.8 Å². The molecule has 4 nitrogen and oxygen atoms in total. The number of nitrogens with zero attached hydrogens (tertiary/aromatic N) is 1. The predicted molar refractivity (Wildman–Crippen MR) is 67.4 cm³/mol. The highest BCUT2D eigenvalue weighted by Crippen LogP contribution is 2.17. The van der Waals surface area contributed by atoms with Gasteiger partial charge in [0.05, 0.1) is 0 Å². The Bertz CT molecular complexity index is 313. The van der Waals surface area contributed by atoms with Gasteiger partial charge in [-0.3, -0.25) is 9.59 Å². The van der Waals surface area contributed by atoms with Crippen LogP contribution in [-0.2, 0) is 9.59 Å². The summed E-state index contributed by atoms with van der Waals surface area (Å²) in [5, 5.41) is 2.82. The van der Waals surface area contributed by atoms with Gasteiger partial charge in [-0.15, -0.1) is 6.58 Å². The van der Waals surface area contributed by atoms with Crippen molar-refractivity contribution in [1.29, 1.82) is 0 Å². The van der Waals surface area contributed by atoms with E-state index in [0.717, 1.165) is 6.42 Å². The molecule has 2 amide bonds. The SMILES string of the molecule is C=CCCN1C(=O)C(C(C)C)NC(=O)C1CC. The summed E-state index contributed by atoms with van der Waals surface area (Å²) in [6.07, 6.45) is 3.15. The molecule has 0 aromatic rings. The molecule has 1 rings (SSSR count). The number of carbonyl (C=O) groups excluding carboxylic acids is 2. The third-order valence-electron chi connectivity index (χ3n) is 3.15. The lowest BCUT2D eigenvalue weighted by Crippen LogP contribution is -2.64. The largest absolute Gasteiger partial charge is 0.342 e. The topological polar surface area (TPSA) is 49.4 Å². The van der Waals surface area contributed by atoms with E-state index in [1.165, 1.54) is 0 Å². The van der Waals surface area contributed by atoms with E-state index in [4.69, 9.17) is 0 Å². The minimum Gasteiger partial charge on any atom is -0.342 e. The number of carbonyl (C=O) groups is 2. The van der Waals surface area contributed by atoms with E-state index >= 15 is 0 Å². The highest BCUT2D eigenvalue weighted by molar-refractivity contribution is 5.97. The molecule has 1 fully saturated rings. The van der Waals surface area contributed by atoms with Gasteiger partial charge in [0.15, 0.2) is 0 Å². The molecular formula is C13H22N2O2. The maximum Gasteiger partial charge on any atom is 0.246 e. The lowest BCUT2D eigenvalue weighted by molar-refractivity contribution is -0.150. The van der Waals surface area contributed by atoms with Crippen molar-refractivity contribution in [3.63, 3.8) is 0 Å². The summed E-state index contributed by atoms with van der Waals surface area (Å²) in [6.45, 7) is 10.1. The van der Waals surface area contributed by atoms with E-state index in [0.29, 0.717) is 13.0 Å². The van der Waals surface area contributed by atoms with Crippen LogP contribution in [0.25, 0.3) is 0 Å². The molecule has 1 aliphatic rings. The lowest BCUT2D eigenvalue weighted by atomic mass is 9.97. The fourth-order valence-corrected chi connectivity index (χ4v) is 2.14. The fourth-order valence-electron chi connectivity index (χ4n) is 2.14. The van der Waals surface area contributed by atoms with Gasteiger partial charge in [-0.05, 0) is 18.8 Å². The molecule has 1 N–H and O–H groups in total. The molecule has 2 atom stereocenters. The molecule has 4 heteroatoms. The van der Waals surface area contributed by atoms with Crippen molar-refractivity contribution in [3.05, 3.63) is 12.7 Å². The van der Waals surface area contributed by atoms with Crippen LogP contribution in [0.2, 0.25) is 0 Å². The highest BCUT2D eigenvalue weighted by Gasteiger charge is 2.40. The second-order valence-electron chi connectivity index (χ2n) is 4.76. The number of nitrogens with one attached hydrogen (secondary N) is 1. The zero-order chi connectivity index (χ0) is 13.0. The van der Waals surface area contributed by atoms with E-state index < -0.39 is 0 Å². The Morgan fingerprint density at radius 2 is 2.12 bits per heavy atom. The minimum absolute atomic E-state index is 0.0325. The quantitative estimate of drug-likeness (QED) is 0.734. The third-order valence-corrected chi connectivity index (χ3v) is 3.15. The zero-order valence-electron chi connectivity index (χ0n) is 10.9. The third kappa shape index (κ3) is 2.87. The Kier molecular flexibility index (Phi) is 4.73. The second-order valence-corrected chi connectivity index (χ2v) is 4.76. The molecule has 1 aliphatic heterocycles. The highest BCUT2D eigenvalue weighted by atomic mass is 16.2. The Balaban J connectivity index is 2.88. The average molecular weight is 238 g/mol. The summed E-state index contributed by atoms with van der Waals surface area (Å²) < 4.78 is 0. The molecule has 0 spiro atoms. The van der Waals surface area contributed by atoms with Crippen molar-refractivity contribution in [2.24, 2.45) is 5.92 Å². The molecule has 0 saturated carbocycles. The van der Waals surface area contributed by atoms with Crippen molar-refractivity contribution < 1.29 is 9.59 Å². The summed E-state index contributed by atoms with van der Waals surface area (Å²) in [5.41, 5.74) is 0. The summed E-state index contributed by atoms with van der Waals surface area (Å²) in [4.78, 5) is 25.9. The van der Waals surface area contributed by atoms with E-state index in [9.17, 15) is 9.59 Å². The van der Waals surface area contributed by atoms with Crippen LogP contribution in [0.1, 0.15) is 33.6 Å². The first kappa shape index (κ1) is 13.7. The number of piperazine rings is 1. The van der Waals surface area contributed by atoms with Gasteiger partial charge >= 0.3 is 0 Å². The van der Waals surface area contributed by atoms with E-state index in [2.05, 4.69) is 11.9 Å². The van der Waals surface area contributed by atoms with Crippen LogP contribution in [0.15, 0.2) is 12.7 Å². The van der Waals surface area contributed by atoms with Crippen LogP contribution in [0.4, 0.5) is 0 Å². The first-order chi connectivity index (χ1) is 8.02. The Morgan fingerprint density at radius 3 is 2.59 bits per heavy atom. The number of amides is 2. The van der Waals surface area contributed by atoms with Crippen LogP contribution in [0, 0.1) is 5.92 Å². The van der Waals surface area contributed by atoms with Crippen LogP contribution in [-0.4, -0.2) is 35.3 Å². The molecule has 96 valence electrons. The van der Waals surface area contributed by atoms with E-state index in [-0.39, 0.29) is 29.8 Å². The molecule has 0 aliphatic carbocycles. The molecule has 1 heterocycles. The zero-order valence-corrected chi connectivity index (χ0v) is 10.9. The van der Waals surface area contributed by atoms with Crippen molar-refractivity contribution in [2.45, 2.75) is 45.7 Å². The lowest BCUT2D eigenvalue weighted by Gasteiger charge is -2.39. The smallest absolute Gasteiger partial charge is 0.246 e. The van der Waals surface area contributed by atoms with Crippen LogP contribution >= 0.6 is 0 Å². The summed E-state index contributed by atoms with van der Waals surface area (Å²) in [5.74, 6) is 0.124. The molecule has 2 unspecified atom stereocenters. The summed E-state index contributed by atoms with van der Waals surface area (Å²) in [7, 11) is 0. The molecule has 0 aromatic carbocycles. The van der Waals surface area contributed by atoms with Crippen molar-refractivity contribution in [2.75, 3.05) is 6.54 Å². The molecule has 0 aromatic heterocycles. The van der Waals surface area contributed by atoms with Gasteiger partial charge in [0.2, 0.25) is 11.8 Å². The van der Waals surface area contributed by atoms with Gasteiger partial charge in [-0.25, -0.2) is 0 Å². The van der Waals surface area contributed by atoms with Crippen LogP contribution in [0.5, 0.6) is 0 Å². The van der Waals surface area contributed by atoms with E-state index in [1.54, 1.807) is 11.0 Å². The molecule has 17 heavy (non-hydrogen) atoms. The first-order valence-electron chi connectivity index (χ1n) is 6.24. The van der Waals surface area contributed by atoms with Gasteiger partial charge in [0.25, 0.3) is 0 Å². The van der Waals surface area contributed by atoms with Crippen molar-refractivity contribution in [1.82, 2.24) is 10.2 Å². The Morgan fingerprint density at radius 1 is 1.47 bits per heavy atom. The molecular weight excluding hydrogens is 216 g/mol. The standard InChI is InChI=1S/C13H22N2O2/c1-5-7-8-15-10(6-2)12(16)14-11(9(3)4)13(15)17/h5,9-11H,1,6-8H2,2-4H3,(H,14,16). The number of hydrogen-bond donors (Lipinski definition) is 1. The van der Waals surface area contributed by atoms with Gasteiger partial charge in [0.1, 0.15) is 12.1 Å². The van der Waals surface area contributed by atoms with Gasteiger partial charge in [-0.1, -0.05) is 26.8 Å². The van der Waals surface area contributed by atoms with E-state index in [1.807, 2.05) is 20.8 Å². The normalized spacial score (nSPS) is 25.1. The van der Waals surface area contributed by atoms with Crippen molar-refractivity contribution in [3.8, 4) is 0 Å². The van der Waals surface area contributed by atoms with Gasteiger partial charge in [0, 0.05) is 6.54 Å². The Labute approximate surface area is 103 Å². The summed E-state index contributed by atoms with van der Waals surface area (Å²) >= 11 is 0. The molecule has 1 saturated heterocycles.